The maximum Gasteiger partial charge on any atom is 0.375 e. The van der Waals surface area contributed by atoms with Crippen LogP contribution in [0.15, 0.2) is 51.7 Å². The van der Waals surface area contributed by atoms with E-state index in [2.05, 4.69) is 0 Å². The molecule has 1 aromatic heterocycles. The molecule has 0 amide bonds. The summed E-state index contributed by atoms with van der Waals surface area (Å²) in [5.74, 6) is 0.0349. The van der Waals surface area contributed by atoms with Crippen molar-refractivity contribution in [2.75, 3.05) is 20.3 Å². The van der Waals surface area contributed by atoms with Gasteiger partial charge in [0, 0.05) is 6.07 Å². The SMILES string of the molecule is CCOC(=O)c1oc2cc(OCC#N)ccc2c(=O)c1-c1ccc(OC)cc1. The summed E-state index contributed by atoms with van der Waals surface area (Å²) >= 11 is 0. The highest BCUT2D eigenvalue weighted by atomic mass is 16.5. The summed E-state index contributed by atoms with van der Waals surface area (Å²) in [6.07, 6.45) is 0. The van der Waals surface area contributed by atoms with E-state index in [4.69, 9.17) is 23.9 Å². The Morgan fingerprint density at radius 1 is 1.14 bits per heavy atom. The Labute approximate surface area is 160 Å². The number of fused-ring (bicyclic) bond motifs is 1. The van der Waals surface area contributed by atoms with E-state index in [1.807, 2.05) is 6.07 Å². The van der Waals surface area contributed by atoms with Crippen LogP contribution in [0.1, 0.15) is 17.5 Å². The lowest BCUT2D eigenvalue weighted by atomic mass is 10.0. The second-order valence-corrected chi connectivity index (χ2v) is 5.69. The molecule has 1 heterocycles. The summed E-state index contributed by atoms with van der Waals surface area (Å²) < 4.78 is 21.2. The lowest BCUT2D eigenvalue weighted by Crippen LogP contribution is -2.15. The normalized spacial score (nSPS) is 10.3. The van der Waals surface area contributed by atoms with Crippen molar-refractivity contribution in [2.24, 2.45) is 0 Å². The van der Waals surface area contributed by atoms with Crippen LogP contribution in [0.5, 0.6) is 11.5 Å². The van der Waals surface area contributed by atoms with Crippen LogP contribution >= 0.6 is 0 Å². The van der Waals surface area contributed by atoms with Crippen LogP contribution in [0.4, 0.5) is 0 Å². The third-order valence-electron chi connectivity index (χ3n) is 4.01. The summed E-state index contributed by atoms with van der Waals surface area (Å²) in [4.78, 5) is 25.6. The number of carbonyl (C=O) groups is 1. The predicted molar refractivity (Wildman–Crippen MR) is 102 cm³/mol. The van der Waals surface area contributed by atoms with E-state index in [0.29, 0.717) is 17.1 Å². The highest BCUT2D eigenvalue weighted by molar-refractivity contribution is 5.97. The van der Waals surface area contributed by atoms with E-state index in [1.54, 1.807) is 37.3 Å². The number of nitriles is 1. The highest BCUT2D eigenvalue weighted by Gasteiger charge is 2.23. The largest absolute Gasteiger partial charge is 0.497 e. The van der Waals surface area contributed by atoms with Gasteiger partial charge in [-0.05, 0) is 36.8 Å². The second-order valence-electron chi connectivity index (χ2n) is 5.69. The fourth-order valence-corrected chi connectivity index (χ4v) is 2.74. The van der Waals surface area contributed by atoms with Crippen LogP contribution in [0, 0.1) is 11.3 Å². The minimum absolute atomic E-state index is 0.110. The maximum absolute atomic E-state index is 13.1. The molecular weight excluding hydrogens is 362 g/mol. The Morgan fingerprint density at radius 3 is 2.50 bits per heavy atom. The van der Waals surface area contributed by atoms with Crippen molar-refractivity contribution in [1.82, 2.24) is 0 Å². The van der Waals surface area contributed by atoms with Crippen molar-refractivity contribution in [2.45, 2.75) is 6.92 Å². The average Bonchev–Trinajstić information content (AvgIpc) is 2.72. The number of hydrogen-bond donors (Lipinski definition) is 0. The Hall–Kier alpha value is -3.79. The van der Waals surface area contributed by atoms with Crippen LogP contribution < -0.4 is 14.9 Å². The first kappa shape index (κ1) is 19.0. The maximum atomic E-state index is 13.1. The summed E-state index contributed by atoms with van der Waals surface area (Å²) in [5, 5.41) is 8.92. The third kappa shape index (κ3) is 3.67. The molecule has 0 aliphatic heterocycles. The van der Waals surface area contributed by atoms with Crippen LogP contribution in [0.25, 0.3) is 22.1 Å². The molecule has 0 radical (unpaired) electrons. The number of benzene rings is 2. The van der Waals surface area contributed by atoms with Crippen molar-refractivity contribution in [3.05, 3.63) is 58.4 Å². The van der Waals surface area contributed by atoms with Crippen molar-refractivity contribution < 1.29 is 23.4 Å². The molecule has 0 saturated heterocycles. The minimum Gasteiger partial charge on any atom is -0.497 e. The standard InChI is InChI=1S/C21H17NO6/c1-3-26-21(24)20-18(13-4-6-14(25-2)7-5-13)19(23)16-9-8-15(27-11-10-22)12-17(16)28-20/h4-9,12H,3,11H2,1-2H3. The summed E-state index contributed by atoms with van der Waals surface area (Å²) in [5.41, 5.74) is 0.408. The molecule has 0 aliphatic carbocycles. The number of methoxy groups -OCH3 is 1. The second kappa shape index (κ2) is 8.27. The number of esters is 1. The van der Waals surface area contributed by atoms with Gasteiger partial charge in [-0.1, -0.05) is 12.1 Å². The zero-order valence-corrected chi connectivity index (χ0v) is 15.4. The number of carbonyl (C=O) groups excluding carboxylic acids is 1. The molecule has 28 heavy (non-hydrogen) atoms. The molecule has 0 unspecified atom stereocenters. The monoisotopic (exact) mass is 379 g/mol. The lowest BCUT2D eigenvalue weighted by Gasteiger charge is -2.11. The Balaban J connectivity index is 2.23. The lowest BCUT2D eigenvalue weighted by molar-refractivity contribution is 0.0492. The molecule has 0 bridgehead atoms. The van der Waals surface area contributed by atoms with Gasteiger partial charge in [0.2, 0.25) is 11.2 Å². The van der Waals surface area contributed by atoms with E-state index in [1.165, 1.54) is 19.2 Å². The van der Waals surface area contributed by atoms with Gasteiger partial charge in [0.15, 0.2) is 6.61 Å². The topological polar surface area (TPSA) is 98.8 Å². The van der Waals surface area contributed by atoms with Crippen LogP contribution in [-0.4, -0.2) is 26.3 Å². The third-order valence-corrected chi connectivity index (χ3v) is 4.01. The first-order chi connectivity index (χ1) is 13.6. The Morgan fingerprint density at radius 2 is 1.86 bits per heavy atom. The highest BCUT2D eigenvalue weighted by Crippen LogP contribution is 2.28. The van der Waals surface area contributed by atoms with Gasteiger partial charge >= 0.3 is 5.97 Å². The molecule has 0 atom stereocenters. The van der Waals surface area contributed by atoms with Gasteiger partial charge in [-0.2, -0.15) is 5.26 Å². The van der Waals surface area contributed by atoms with Gasteiger partial charge in [0.1, 0.15) is 23.2 Å². The first-order valence-electron chi connectivity index (χ1n) is 8.51. The molecule has 7 nitrogen and oxygen atoms in total. The van der Waals surface area contributed by atoms with Gasteiger partial charge in [0.05, 0.1) is 24.7 Å². The summed E-state index contributed by atoms with van der Waals surface area (Å²) in [6, 6.07) is 13.2. The molecule has 0 saturated carbocycles. The first-order valence-corrected chi connectivity index (χ1v) is 8.51. The Kier molecular flexibility index (Phi) is 5.61. The Bertz CT molecular complexity index is 1110. The molecule has 3 rings (SSSR count). The number of ether oxygens (including phenoxy) is 3. The number of nitrogens with zero attached hydrogens (tertiary/aromatic N) is 1. The average molecular weight is 379 g/mol. The van der Waals surface area contributed by atoms with E-state index in [9.17, 15) is 9.59 Å². The molecular formula is C21H17NO6. The van der Waals surface area contributed by atoms with E-state index >= 15 is 0 Å². The fourth-order valence-electron chi connectivity index (χ4n) is 2.74. The van der Waals surface area contributed by atoms with Gasteiger partial charge in [-0.15, -0.1) is 0 Å². The zero-order chi connectivity index (χ0) is 20.1. The molecule has 0 spiro atoms. The fraction of sp³-hybridized carbons (Fsp3) is 0.190. The number of rotatable bonds is 6. The molecule has 2 aromatic carbocycles. The number of hydrogen-bond acceptors (Lipinski definition) is 7. The summed E-state index contributed by atoms with van der Waals surface area (Å²) in [6.45, 7) is 1.65. The van der Waals surface area contributed by atoms with E-state index in [-0.39, 0.29) is 40.9 Å². The van der Waals surface area contributed by atoms with E-state index in [0.717, 1.165) is 0 Å². The van der Waals surface area contributed by atoms with Crippen molar-refractivity contribution in [3.8, 4) is 28.7 Å². The molecule has 0 N–H and O–H groups in total. The van der Waals surface area contributed by atoms with Gasteiger partial charge in [-0.25, -0.2) is 4.79 Å². The molecule has 0 aliphatic rings. The minimum atomic E-state index is -0.740. The van der Waals surface area contributed by atoms with E-state index < -0.39 is 5.97 Å². The smallest absolute Gasteiger partial charge is 0.375 e. The van der Waals surface area contributed by atoms with Crippen LogP contribution in [0.3, 0.4) is 0 Å². The molecule has 7 heteroatoms. The summed E-state index contributed by atoms with van der Waals surface area (Å²) in [7, 11) is 1.54. The van der Waals surface area contributed by atoms with Crippen molar-refractivity contribution in [3.63, 3.8) is 0 Å². The quantitative estimate of drug-likeness (QED) is 0.604. The van der Waals surface area contributed by atoms with Crippen molar-refractivity contribution in [1.29, 1.82) is 5.26 Å². The van der Waals surface area contributed by atoms with Gasteiger partial charge < -0.3 is 18.6 Å². The zero-order valence-electron chi connectivity index (χ0n) is 15.4. The van der Waals surface area contributed by atoms with Crippen LogP contribution in [0.2, 0.25) is 0 Å². The molecule has 3 aromatic rings. The van der Waals surface area contributed by atoms with Crippen molar-refractivity contribution >= 4 is 16.9 Å². The predicted octanol–water partition coefficient (Wildman–Crippen LogP) is 3.55. The molecule has 142 valence electrons. The van der Waals surface area contributed by atoms with Gasteiger partial charge in [-0.3, -0.25) is 4.79 Å². The van der Waals surface area contributed by atoms with Crippen LogP contribution in [-0.2, 0) is 4.74 Å². The van der Waals surface area contributed by atoms with Gasteiger partial charge in [0.25, 0.3) is 0 Å². The molecule has 0 fully saturated rings.